The minimum atomic E-state index is -0.970. The van der Waals surface area contributed by atoms with Gasteiger partial charge in [-0.25, -0.2) is 19.2 Å². The third-order valence-corrected chi connectivity index (χ3v) is 13.2. The molecule has 92 heavy (non-hydrogen) atoms. The average molecular weight is 1450 g/mol. The van der Waals surface area contributed by atoms with Crippen LogP contribution in [-0.4, -0.2) is 276 Å². The van der Waals surface area contributed by atoms with Crippen molar-refractivity contribution in [1.29, 1.82) is 0 Å². The van der Waals surface area contributed by atoms with E-state index in [2.05, 4.69) is 21.6 Å². The molecule has 0 aliphatic rings. The zero-order chi connectivity index (χ0) is 68.6. The lowest BCUT2D eigenvalue weighted by atomic mass is 10.2. The van der Waals surface area contributed by atoms with E-state index in [1.165, 1.54) is 16.7 Å². The van der Waals surface area contributed by atoms with E-state index in [9.17, 15) is 24.0 Å². The number of carbonyl (C=O) groups excluding carboxylic acids is 1. The predicted molar refractivity (Wildman–Crippen MR) is 358 cm³/mol. The number of hydrogen-bond acceptors (Lipinski definition) is 24. The van der Waals surface area contributed by atoms with Gasteiger partial charge in [-0.1, -0.05) is 36.4 Å². The van der Waals surface area contributed by atoms with E-state index in [0.717, 1.165) is 51.8 Å². The molecule has 0 amide bonds. The highest BCUT2D eigenvalue weighted by Gasteiger charge is 2.03. The number of rotatable bonds is 54. The van der Waals surface area contributed by atoms with Crippen molar-refractivity contribution in [2.24, 2.45) is 0 Å². The predicted octanol–water partition coefficient (Wildman–Crippen LogP) is 7.76. The number of carbonyl (C=O) groups is 5. The Kier molecular flexibility index (Phi) is 75.1. The molecular formula is C60H94Cl4O25S3. The second-order valence-corrected chi connectivity index (χ2v) is 21.8. The second kappa shape index (κ2) is 74.7. The summed E-state index contributed by atoms with van der Waals surface area (Å²) in [7, 11) is 4.97. The summed E-state index contributed by atoms with van der Waals surface area (Å²) in [6.07, 6.45) is 0. The van der Waals surface area contributed by atoms with Crippen LogP contribution in [0.3, 0.4) is 0 Å². The van der Waals surface area contributed by atoms with Crippen LogP contribution in [0.4, 0.5) is 0 Å². The van der Waals surface area contributed by atoms with Crippen LogP contribution in [0, 0.1) is 0 Å². The number of benzene rings is 3. The molecule has 0 radical (unpaired) electrons. The fourth-order valence-electron chi connectivity index (χ4n) is 5.53. The van der Waals surface area contributed by atoms with Gasteiger partial charge in [0.15, 0.2) is 0 Å². The molecule has 0 spiro atoms. The van der Waals surface area contributed by atoms with Crippen molar-refractivity contribution >= 4 is 111 Å². The topological polar surface area (TPSA) is 325 Å². The van der Waals surface area contributed by atoms with Gasteiger partial charge in [-0.15, -0.1) is 34.8 Å². The maximum atomic E-state index is 10.4. The van der Waals surface area contributed by atoms with Crippen LogP contribution in [0.2, 0.25) is 0 Å². The highest BCUT2D eigenvalue weighted by atomic mass is 35.5. The Hall–Kier alpha value is -3.70. The lowest BCUT2D eigenvalue weighted by molar-refractivity contribution is -0.143. The summed E-state index contributed by atoms with van der Waals surface area (Å²) in [4.78, 5) is 50.5. The van der Waals surface area contributed by atoms with Crippen molar-refractivity contribution in [3.05, 3.63) is 89.5 Å². The van der Waals surface area contributed by atoms with Crippen LogP contribution >= 0.6 is 81.7 Å². The zero-order valence-electron chi connectivity index (χ0n) is 52.6. The summed E-state index contributed by atoms with van der Waals surface area (Å²) in [5.41, 5.74) is 3.76. The maximum Gasteiger partial charge on any atom is 0.329 e. The number of thioether (sulfide) groups is 3. The lowest BCUT2D eigenvalue weighted by Gasteiger charge is -2.05. The van der Waals surface area contributed by atoms with Gasteiger partial charge in [-0.2, -0.15) is 35.3 Å². The van der Waals surface area contributed by atoms with Crippen molar-refractivity contribution < 1.29 is 121 Å². The molecule has 0 heterocycles. The van der Waals surface area contributed by atoms with Gasteiger partial charge in [0.2, 0.25) is 5.24 Å². The van der Waals surface area contributed by atoms with Crippen LogP contribution < -0.4 is 14.2 Å². The Morgan fingerprint density at radius 3 is 0.750 bits per heavy atom. The van der Waals surface area contributed by atoms with Crippen molar-refractivity contribution in [1.82, 2.24) is 0 Å². The summed E-state index contributed by atoms with van der Waals surface area (Å²) in [6.45, 7) is 7.53. The Bertz CT molecular complexity index is 1900. The molecule has 0 unspecified atom stereocenters. The molecule has 25 nitrogen and oxygen atoms in total. The molecule has 0 fully saturated rings. The Balaban J connectivity index is -0.00000106. The van der Waals surface area contributed by atoms with Gasteiger partial charge in [-0.05, 0) is 64.7 Å². The van der Waals surface area contributed by atoms with Gasteiger partial charge in [0.05, 0.1) is 153 Å². The molecule has 0 aromatic heterocycles. The van der Waals surface area contributed by atoms with Gasteiger partial charge in [0, 0.05) is 52.2 Å². The number of methoxy groups -OCH3 is 3. The number of carboxylic acid groups (broad SMARTS) is 4. The first-order chi connectivity index (χ1) is 44.6. The molecule has 0 aliphatic carbocycles. The van der Waals surface area contributed by atoms with E-state index in [4.69, 9.17) is 134 Å². The number of halogens is 4. The van der Waals surface area contributed by atoms with Crippen molar-refractivity contribution in [3.63, 3.8) is 0 Å². The number of hydrogen-bond donors (Lipinski definition) is 5. The summed E-state index contributed by atoms with van der Waals surface area (Å²) >= 11 is 26.4. The molecule has 32 heteroatoms. The van der Waals surface area contributed by atoms with Crippen LogP contribution in [0.25, 0.3) is 0 Å². The third-order valence-electron chi connectivity index (χ3n) is 9.65. The molecule has 0 bridgehead atoms. The summed E-state index contributed by atoms with van der Waals surface area (Å²) < 4.78 is 75.1. The minimum absolute atomic E-state index is 0.0584. The summed E-state index contributed by atoms with van der Waals surface area (Å²) in [5.74, 6) is 5.67. The number of ether oxygens (including phenoxy) is 15. The molecule has 0 saturated carbocycles. The normalized spacial score (nSPS) is 10.3. The number of aliphatic hydroxyl groups is 1. The molecule has 0 saturated heterocycles. The molecule has 0 atom stereocenters. The van der Waals surface area contributed by atoms with Gasteiger partial charge < -0.3 is 96.6 Å². The van der Waals surface area contributed by atoms with Gasteiger partial charge >= 0.3 is 23.9 Å². The largest absolute Gasteiger partial charge is 0.497 e. The SMILES string of the molecule is COc1ccc(CSCCOCCOCC(=O)Cl)cc1.COc1ccc(CSCCOCCOCC(=O)O)cc1.COc1ccc(CSCCOCCOCC(=O)O)cc1.O=C(O)COCCOCCCl.O=C(O)COCCOCCCl.OCCOCCOCCCl. The highest BCUT2D eigenvalue weighted by Crippen LogP contribution is 2.19. The third kappa shape index (κ3) is 75.3. The smallest absolute Gasteiger partial charge is 0.329 e. The van der Waals surface area contributed by atoms with Gasteiger partial charge in [-0.3, -0.25) is 4.79 Å². The zero-order valence-corrected chi connectivity index (χ0v) is 58.1. The van der Waals surface area contributed by atoms with Crippen LogP contribution in [0.15, 0.2) is 72.8 Å². The lowest BCUT2D eigenvalue weighted by Crippen LogP contribution is -2.12. The summed E-state index contributed by atoms with van der Waals surface area (Å²) in [5, 5.41) is 40.8. The molecule has 3 aromatic rings. The molecule has 3 aromatic carbocycles. The first-order valence-corrected chi connectivity index (χ1v) is 34.0. The van der Waals surface area contributed by atoms with Crippen LogP contribution in [0.1, 0.15) is 16.7 Å². The fraction of sp³-hybridized carbons (Fsp3) is 0.617. The number of aliphatic carboxylic acids is 4. The number of alkyl halides is 3. The van der Waals surface area contributed by atoms with E-state index in [1.54, 1.807) is 56.6 Å². The molecule has 0 aliphatic heterocycles. The molecule has 530 valence electrons. The second-order valence-electron chi connectivity index (χ2n) is 17.0. The standard InChI is InChI=1S/C14H19ClO4S.2C14H20O5S.2C6H11ClO4.C6H13ClO3/c3*1-17-13-4-2-12(3-5-13)11-20-9-8-18-6-7-19-10-14(15)16;2*7-1-2-10-3-4-11-5-6(8)9;7-1-3-9-5-6-10-4-2-8/h2-5H,6-11H2,1H3;2*2-5H,6-11H2,1H3,(H,15,16);2*1-5H2,(H,8,9);8H,1-6H2. The number of aliphatic hydroxyl groups excluding tert-OH is 1. The van der Waals surface area contributed by atoms with Crippen molar-refractivity contribution in [2.45, 2.75) is 17.3 Å². The van der Waals surface area contributed by atoms with Crippen molar-refractivity contribution in [2.75, 3.05) is 221 Å². The van der Waals surface area contributed by atoms with Gasteiger partial charge in [0.25, 0.3) is 0 Å². The quantitative estimate of drug-likeness (QED) is 0.0205. The minimum Gasteiger partial charge on any atom is -0.497 e. The van der Waals surface area contributed by atoms with E-state index in [-0.39, 0.29) is 39.6 Å². The molecule has 5 N–H and O–H groups in total. The fourth-order valence-corrected chi connectivity index (χ4v) is 8.36. The number of carboxylic acids is 4. The monoisotopic (exact) mass is 1450 g/mol. The van der Waals surface area contributed by atoms with Crippen LogP contribution in [-0.2, 0) is 98.1 Å². The highest BCUT2D eigenvalue weighted by molar-refractivity contribution is 7.98. The Morgan fingerprint density at radius 2 is 0.543 bits per heavy atom. The average Bonchev–Trinajstić information content (AvgIpc) is 2.97. The van der Waals surface area contributed by atoms with Crippen molar-refractivity contribution in [3.8, 4) is 17.2 Å². The van der Waals surface area contributed by atoms with Crippen LogP contribution in [0.5, 0.6) is 17.2 Å². The molecular weight excluding hydrogens is 1360 g/mol. The Labute approximate surface area is 573 Å². The molecule has 3 rings (SSSR count). The summed E-state index contributed by atoms with van der Waals surface area (Å²) in [6, 6.07) is 24.0. The maximum absolute atomic E-state index is 10.4. The first-order valence-electron chi connectivity index (χ1n) is 28.5. The van der Waals surface area contributed by atoms with Gasteiger partial charge in [0.1, 0.15) is 50.3 Å². The first kappa shape index (κ1) is 92.5. The van der Waals surface area contributed by atoms with E-state index in [0.29, 0.717) is 143 Å². The Morgan fingerprint density at radius 1 is 0.326 bits per heavy atom. The van der Waals surface area contributed by atoms with E-state index < -0.39 is 29.1 Å². The van der Waals surface area contributed by atoms with E-state index in [1.807, 2.05) is 60.7 Å². The van der Waals surface area contributed by atoms with E-state index >= 15 is 0 Å².